The van der Waals surface area contributed by atoms with Crippen LogP contribution in [0.4, 0.5) is 27.8 Å². The number of hydrogen-bond donors (Lipinski definition) is 1. The van der Waals surface area contributed by atoms with Crippen LogP contribution in [0.25, 0.3) is 0 Å². The van der Waals surface area contributed by atoms with Gasteiger partial charge >= 0.3 is 6.18 Å². The summed E-state index contributed by atoms with van der Waals surface area (Å²) >= 11 is 0. The molecule has 0 aliphatic heterocycles. The van der Waals surface area contributed by atoms with Gasteiger partial charge in [0, 0.05) is 18.3 Å². The third-order valence-electron chi connectivity index (χ3n) is 2.56. The summed E-state index contributed by atoms with van der Waals surface area (Å²) in [6.07, 6.45) is -3.79. The maximum Gasteiger partial charge on any atom is 0.417 e. The molecule has 20 heavy (non-hydrogen) atoms. The monoisotopic (exact) mass is 288 g/mol. The van der Waals surface area contributed by atoms with Crippen LogP contribution >= 0.6 is 0 Å². The molecule has 0 spiro atoms. The minimum absolute atomic E-state index is 0.0618. The molecule has 2 aromatic rings. The fourth-order valence-electron chi connectivity index (χ4n) is 1.53. The summed E-state index contributed by atoms with van der Waals surface area (Å²) in [4.78, 5) is 3.56. The Morgan fingerprint density at radius 1 is 1.05 bits per heavy atom. The lowest BCUT2D eigenvalue weighted by Gasteiger charge is -2.09. The Morgan fingerprint density at radius 3 is 2.40 bits per heavy atom. The molecule has 2 rings (SSSR count). The molecule has 0 bridgehead atoms. The standard InChI is InChI=1S/C13H9F5N2/c14-10-2-3-11(15)8(5-10)6-19-12-4-1-9(7-20-12)13(16,17)18/h1-5,7H,6H2,(H,19,20). The molecule has 0 unspecified atom stereocenters. The van der Waals surface area contributed by atoms with Gasteiger partial charge in [-0.1, -0.05) is 0 Å². The Bertz CT molecular complexity index is 593. The lowest BCUT2D eigenvalue weighted by atomic mass is 10.2. The largest absolute Gasteiger partial charge is 0.417 e. The highest BCUT2D eigenvalue weighted by atomic mass is 19.4. The van der Waals surface area contributed by atoms with Gasteiger partial charge in [-0.05, 0) is 30.3 Å². The van der Waals surface area contributed by atoms with Crippen molar-refractivity contribution in [2.75, 3.05) is 5.32 Å². The van der Waals surface area contributed by atoms with E-state index in [0.29, 0.717) is 6.20 Å². The van der Waals surface area contributed by atoms with E-state index in [1.54, 1.807) is 0 Å². The second-order valence-electron chi connectivity index (χ2n) is 4.02. The summed E-state index contributed by atoms with van der Waals surface area (Å²) < 4.78 is 63.2. The van der Waals surface area contributed by atoms with Crippen molar-refractivity contribution >= 4 is 5.82 Å². The molecule has 1 heterocycles. The Morgan fingerprint density at radius 2 is 1.80 bits per heavy atom. The minimum Gasteiger partial charge on any atom is -0.366 e. The van der Waals surface area contributed by atoms with Crippen LogP contribution in [0.2, 0.25) is 0 Å². The van der Waals surface area contributed by atoms with E-state index in [1.165, 1.54) is 0 Å². The van der Waals surface area contributed by atoms with Crippen LogP contribution in [0.1, 0.15) is 11.1 Å². The van der Waals surface area contributed by atoms with Crippen molar-refractivity contribution in [1.82, 2.24) is 4.98 Å². The smallest absolute Gasteiger partial charge is 0.366 e. The quantitative estimate of drug-likeness (QED) is 0.864. The molecule has 0 amide bonds. The predicted octanol–water partition coefficient (Wildman–Crippen LogP) is 3.99. The number of pyridine rings is 1. The van der Waals surface area contributed by atoms with Gasteiger partial charge in [-0.3, -0.25) is 0 Å². The zero-order valence-electron chi connectivity index (χ0n) is 10.0. The van der Waals surface area contributed by atoms with E-state index in [-0.39, 0.29) is 17.9 Å². The molecule has 1 aromatic heterocycles. The first-order valence-corrected chi connectivity index (χ1v) is 5.57. The molecule has 106 valence electrons. The van der Waals surface area contributed by atoms with Crippen molar-refractivity contribution < 1.29 is 22.0 Å². The molecule has 0 radical (unpaired) electrons. The first-order chi connectivity index (χ1) is 9.36. The van der Waals surface area contributed by atoms with Gasteiger partial charge in [0.25, 0.3) is 0 Å². The number of nitrogens with one attached hydrogen (secondary N) is 1. The average molecular weight is 288 g/mol. The third kappa shape index (κ3) is 3.43. The molecule has 0 aliphatic carbocycles. The van der Waals surface area contributed by atoms with E-state index >= 15 is 0 Å². The number of aromatic nitrogens is 1. The Kier molecular flexibility index (Phi) is 3.87. The first-order valence-electron chi connectivity index (χ1n) is 5.57. The molecular weight excluding hydrogens is 279 g/mol. The van der Waals surface area contributed by atoms with Gasteiger partial charge < -0.3 is 5.32 Å². The van der Waals surface area contributed by atoms with Gasteiger partial charge in [-0.25, -0.2) is 13.8 Å². The molecule has 0 saturated carbocycles. The van der Waals surface area contributed by atoms with E-state index in [4.69, 9.17) is 0 Å². The third-order valence-corrected chi connectivity index (χ3v) is 2.56. The van der Waals surface area contributed by atoms with Crippen molar-refractivity contribution in [3.8, 4) is 0 Å². The van der Waals surface area contributed by atoms with Crippen LogP contribution in [-0.2, 0) is 12.7 Å². The Labute approximate surface area is 111 Å². The van der Waals surface area contributed by atoms with Crippen molar-refractivity contribution in [3.05, 3.63) is 59.3 Å². The second-order valence-corrected chi connectivity index (χ2v) is 4.02. The number of nitrogens with zero attached hydrogens (tertiary/aromatic N) is 1. The highest BCUT2D eigenvalue weighted by molar-refractivity contribution is 5.37. The molecule has 0 aliphatic rings. The molecule has 7 heteroatoms. The molecular formula is C13H9F5N2. The Hall–Kier alpha value is -2.18. The number of rotatable bonds is 3. The highest BCUT2D eigenvalue weighted by Gasteiger charge is 2.30. The van der Waals surface area contributed by atoms with Crippen LogP contribution in [0.3, 0.4) is 0 Å². The molecule has 0 fully saturated rings. The maximum atomic E-state index is 13.3. The van der Waals surface area contributed by atoms with Crippen LogP contribution < -0.4 is 5.32 Å². The average Bonchev–Trinajstić information content (AvgIpc) is 2.39. The van der Waals surface area contributed by atoms with E-state index in [0.717, 1.165) is 30.3 Å². The summed E-state index contributed by atoms with van der Waals surface area (Å²) in [5.41, 5.74) is -0.813. The molecule has 2 nitrogen and oxygen atoms in total. The van der Waals surface area contributed by atoms with E-state index in [9.17, 15) is 22.0 Å². The number of anilines is 1. The lowest BCUT2D eigenvalue weighted by molar-refractivity contribution is -0.137. The second kappa shape index (κ2) is 5.44. The van der Waals surface area contributed by atoms with E-state index in [2.05, 4.69) is 10.3 Å². The summed E-state index contributed by atoms with van der Waals surface area (Å²) in [7, 11) is 0. The Balaban J connectivity index is 2.06. The number of halogens is 5. The molecule has 1 aromatic carbocycles. The van der Waals surface area contributed by atoms with Crippen LogP contribution in [0, 0.1) is 11.6 Å². The number of alkyl halides is 3. The zero-order valence-corrected chi connectivity index (χ0v) is 10.0. The van der Waals surface area contributed by atoms with Gasteiger partial charge in [0.2, 0.25) is 0 Å². The highest BCUT2D eigenvalue weighted by Crippen LogP contribution is 2.28. The summed E-state index contributed by atoms with van der Waals surface area (Å²) in [5.74, 6) is -1.06. The van der Waals surface area contributed by atoms with Crippen molar-refractivity contribution in [2.45, 2.75) is 12.7 Å². The summed E-state index contributed by atoms with van der Waals surface area (Å²) in [6.45, 7) is -0.0814. The fourth-order valence-corrected chi connectivity index (χ4v) is 1.53. The van der Waals surface area contributed by atoms with Crippen LogP contribution in [-0.4, -0.2) is 4.98 Å². The van der Waals surface area contributed by atoms with Crippen molar-refractivity contribution in [3.63, 3.8) is 0 Å². The normalized spacial score (nSPS) is 11.4. The first kappa shape index (κ1) is 14.2. The van der Waals surface area contributed by atoms with E-state index in [1.807, 2.05) is 0 Å². The molecule has 0 atom stereocenters. The number of hydrogen-bond acceptors (Lipinski definition) is 2. The SMILES string of the molecule is Fc1ccc(F)c(CNc2ccc(C(F)(F)F)cn2)c1. The topological polar surface area (TPSA) is 24.9 Å². The van der Waals surface area contributed by atoms with E-state index < -0.39 is 23.4 Å². The zero-order chi connectivity index (χ0) is 14.8. The maximum absolute atomic E-state index is 13.3. The van der Waals surface area contributed by atoms with Gasteiger partial charge in [-0.15, -0.1) is 0 Å². The van der Waals surface area contributed by atoms with Gasteiger partial charge in [0.15, 0.2) is 0 Å². The van der Waals surface area contributed by atoms with Crippen LogP contribution in [0.15, 0.2) is 36.5 Å². The summed E-state index contributed by atoms with van der Waals surface area (Å²) in [5, 5.41) is 2.62. The van der Waals surface area contributed by atoms with Gasteiger partial charge in [0.1, 0.15) is 17.5 Å². The fraction of sp³-hybridized carbons (Fsp3) is 0.154. The van der Waals surface area contributed by atoms with Gasteiger partial charge in [0.05, 0.1) is 5.56 Å². The predicted molar refractivity (Wildman–Crippen MR) is 62.9 cm³/mol. The summed E-state index contributed by atoms with van der Waals surface area (Å²) in [6, 6.07) is 4.95. The van der Waals surface area contributed by atoms with Crippen molar-refractivity contribution in [1.29, 1.82) is 0 Å². The molecule has 1 N–H and O–H groups in total. The molecule has 0 saturated heterocycles. The lowest BCUT2D eigenvalue weighted by Crippen LogP contribution is -2.07. The number of benzene rings is 1. The van der Waals surface area contributed by atoms with Crippen LogP contribution in [0.5, 0.6) is 0 Å². The van der Waals surface area contributed by atoms with Crippen molar-refractivity contribution in [2.24, 2.45) is 0 Å². The minimum atomic E-state index is -4.46. The van der Waals surface area contributed by atoms with Gasteiger partial charge in [-0.2, -0.15) is 13.2 Å².